The number of rotatable bonds is 8. The van der Waals surface area contributed by atoms with Crippen molar-refractivity contribution in [3.63, 3.8) is 0 Å². The van der Waals surface area contributed by atoms with E-state index in [1.54, 1.807) is 23.3 Å². The maximum Gasteiger partial charge on any atom is 0.255 e. The molecule has 3 N–H and O–H groups in total. The molecule has 1 aromatic carbocycles. The summed E-state index contributed by atoms with van der Waals surface area (Å²) in [4.78, 5) is 17.1. The third-order valence-electron chi connectivity index (χ3n) is 4.44. The molecule has 2 heterocycles. The second-order valence-corrected chi connectivity index (χ2v) is 6.46. The Bertz CT molecular complexity index is 871. The number of aromatic nitrogens is 3. The zero-order valence-electron chi connectivity index (χ0n) is 16.3. The van der Waals surface area contributed by atoms with Crippen LogP contribution in [0.5, 0.6) is 0 Å². The van der Waals surface area contributed by atoms with Crippen LogP contribution in [0.3, 0.4) is 0 Å². The minimum atomic E-state index is -0.164. The highest BCUT2D eigenvalue weighted by molar-refractivity contribution is 6.00. The highest BCUT2D eigenvalue weighted by Crippen LogP contribution is 2.23. The summed E-state index contributed by atoms with van der Waals surface area (Å²) in [5.41, 5.74) is 8.66. The lowest BCUT2D eigenvalue weighted by atomic mass is 10.1. The zero-order valence-corrected chi connectivity index (χ0v) is 18.0. The molecule has 0 fully saturated rings. The van der Waals surface area contributed by atoms with Gasteiger partial charge in [-0.1, -0.05) is 38.0 Å². The SMILES string of the molecule is CCCCC(CN)NC(=O)c1cn(-c2ccccc2)nc1-c1cccnc1.Cl.Cl. The number of benzene rings is 1. The van der Waals surface area contributed by atoms with Crippen LogP contribution in [-0.2, 0) is 0 Å². The lowest BCUT2D eigenvalue weighted by Gasteiger charge is -2.16. The molecule has 1 atom stereocenters. The molecule has 8 heteroatoms. The van der Waals surface area contributed by atoms with E-state index in [9.17, 15) is 4.79 Å². The van der Waals surface area contributed by atoms with E-state index in [4.69, 9.17) is 5.73 Å². The van der Waals surface area contributed by atoms with Crippen molar-refractivity contribution in [1.29, 1.82) is 0 Å². The van der Waals surface area contributed by atoms with Crippen LogP contribution in [0, 0.1) is 0 Å². The van der Waals surface area contributed by atoms with Gasteiger partial charge in [-0.3, -0.25) is 9.78 Å². The summed E-state index contributed by atoms with van der Waals surface area (Å²) >= 11 is 0. The van der Waals surface area contributed by atoms with Crippen LogP contribution in [0.15, 0.2) is 61.1 Å². The van der Waals surface area contributed by atoms with E-state index in [1.165, 1.54) is 0 Å². The van der Waals surface area contributed by atoms with Crippen molar-refractivity contribution in [2.24, 2.45) is 5.73 Å². The molecule has 0 spiro atoms. The van der Waals surface area contributed by atoms with Gasteiger partial charge in [0, 0.05) is 36.7 Å². The summed E-state index contributed by atoms with van der Waals surface area (Å²) in [6.07, 6.45) is 8.15. The van der Waals surface area contributed by atoms with Gasteiger partial charge in [0.2, 0.25) is 0 Å². The number of nitrogens with two attached hydrogens (primary N) is 1. The number of pyridine rings is 1. The molecule has 1 unspecified atom stereocenters. The molecule has 6 nitrogen and oxygen atoms in total. The smallest absolute Gasteiger partial charge is 0.255 e. The van der Waals surface area contributed by atoms with E-state index in [0.29, 0.717) is 17.8 Å². The van der Waals surface area contributed by atoms with Gasteiger partial charge in [0.05, 0.1) is 11.3 Å². The minimum Gasteiger partial charge on any atom is -0.348 e. The van der Waals surface area contributed by atoms with Gasteiger partial charge in [0.15, 0.2) is 0 Å². The number of halogens is 2. The number of carbonyl (C=O) groups excluding carboxylic acids is 1. The van der Waals surface area contributed by atoms with Gasteiger partial charge < -0.3 is 11.1 Å². The van der Waals surface area contributed by atoms with E-state index < -0.39 is 0 Å². The maximum atomic E-state index is 13.0. The number of para-hydroxylation sites is 1. The normalized spacial score (nSPS) is 11.1. The molecule has 3 aromatic rings. The standard InChI is InChI=1S/C21H25N5O.2ClH/c1-2-3-9-17(13-22)24-21(27)19-15-26(18-10-5-4-6-11-18)25-20(19)16-8-7-12-23-14-16;;/h4-8,10-12,14-15,17H,2-3,9,13,22H2,1H3,(H,24,27);2*1H. The first kappa shape index (κ1) is 24.6. The predicted octanol–water partition coefficient (Wildman–Crippen LogP) is 4.03. The molecular formula is C21H27Cl2N5O. The topological polar surface area (TPSA) is 85.8 Å². The summed E-state index contributed by atoms with van der Waals surface area (Å²) < 4.78 is 1.72. The van der Waals surface area contributed by atoms with Crippen molar-refractivity contribution < 1.29 is 4.79 Å². The molecule has 0 aliphatic heterocycles. The Labute approximate surface area is 183 Å². The fourth-order valence-corrected chi connectivity index (χ4v) is 2.93. The molecule has 156 valence electrons. The number of nitrogens with one attached hydrogen (secondary N) is 1. The van der Waals surface area contributed by atoms with Crippen LogP contribution in [-0.4, -0.2) is 33.3 Å². The van der Waals surface area contributed by atoms with Crippen molar-refractivity contribution in [2.75, 3.05) is 6.54 Å². The number of hydrogen-bond acceptors (Lipinski definition) is 4. The molecule has 29 heavy (non-hydrogen) atoms. The van der Waals surface area contributed by atoms with E-state index >= 15 is 0 Å². The Balaban J connectivity index is 0.00000210. The number of amides is 1. The Morgan fingerprint density at radius 2 is 1.93 bits per heavy atom. The largest absolute Gasteiger partial charge is 0.348 e. The van der Waals surface area contributed by atoms with E-state index in [1.807, 2.05) is 42.5 Å². The number of unbranched alkanes of at least 4 members (excludes halogenated alkanes) is 1. The molecule has 0 radical (unpaired) electrons. The van der Waals surface area contributed by atoms with Gasteiger partial charge in [-0.05, 0) is 30.7 Å². The van der Waals surface area contributed by atoms with Gasteiger partial charge in [-0.15, -0.1) is 24.8 Å². The third kappa shape index (κ3) is 6.29. The fourth-order valence-electron chi connectivity index (χ4n) is 2.93. The number of hydrogen-bond donors (Lipinski definition) is 2. The van der Waals surface area contributed by atoms with Crippen molar-refractivity contribution in [3.05, 3.63) is 66.6 Å². The predicted molar refractivity (Wildman–Crippen MR) is 121 cm³/mol. The Morgan fingerprint density at radius 1 is 1.17 bits per heavy atom. The Kier molecular flexibility index (Phi) is 10.4. The van der Waals surface area contributed by atoms with Crippen LogP contribution in [0.1, 0.15) is 36.5 Å². The third-order valence-corrected chi connectivity index (χ3v) is 4.44. The van der Waals surface area contributed by atoms with E-state index in [-0.39, 0.29) is 36.8 Å². The first-order valence-electron chi connectivity index (χ1n) is 9.29. The lowest BCUT2D eigenvalue weighted by molar-refractivity contribution is 0.0936. The van der Waals surface area contributed by atoms with Crippen molar-refractivity contribution >= 4 is 30.7 Å². The second kappa shape index (κ2) is 12.2. The zero-order chi connectivity index (χ0) is 19.1. The van der Waals surface area contributed by atoms with Crippen LogP contribution in [0.25, 0.3) is 16.9 Å². The summed E-state index contributed by atoms with van der Waals surface area (Å²) in [7, 11) is 0. The fraction of sp³-hybridized carbons (Fsp3) is 0.286. The van der Waals surface area contributed by atoms with Crippen LogP contribution in [0.4, 0.5) is 0 Å². The molecule has 0 aliphatic rings. The summed E-state index contributed by atoms with van der Waals surface area (Å²) in [6.45, 7) is 2.54. The maximum absolute atomic E-state index is 13.0. The van der Waals surface area contributed by atoms with Crippen molar-refractivity contribution in [3.8, 4) is 16.9 Å². The average molecular weight is 436 g/mol. The monoisotopic (exact) mass is 435 g/mol. The van der Waals surface area contributed by atoms with E-state index in [0.717, 1.165) is 30.5 Å². The highest BCUT2D eigenvalue weighted by Gasteiger charge is 2.20. The number of carbonyl (C=O) groups is 1. The summed E-state index contributed by atoms with van der Waals surface area (Å²) in [5.74, 6) is -0.164. The molecule has 1 amide bonds. The van der Waals surface area contributed by atoms with E-state index in [2.05, 4.69) is 22.3 Å². The molecule has 0 saturated heterocycles. The van der Waals surface area contributed by atoms with Gasteiger partial charge in [0.25, 0.3) is 5.91 Å². The first-order chi connectivity index (χ1) is 13.2. The van der Waals surface area contributed by atoms with Crippen LogP contribution in [0.2, 0.25) is 0 Å². The quantitative estimate of drug-likeness (QED) is 0.559. The van der Waals surface area contributed by atoms with Gasteiger partial charge in [-0.2, -0.15) is 5.10 Å². The molecule has 0 saturated carbocycles. The second-order valence-electron chi connectivity index (χ2n) is 6.46. The van der Waals surface area contributed by atoms with Crippen LogP contribution < -0.4 is 11.1 Å². The highest BCUT2D eigenvalue weighted by atomic mass is 35.5. The van der Waals surface area contributed by atoms with Gasteiger partial charge in [-0.25, -0.2) is 4.68 Å². The number of nitrogens with zero attached hydrogens (tertiary/aromatic N) is 3. The molecule has 2 aromatic heterocycles. The lowest BCUT2D eigenvalue weighted by Crippen LogP contribution is -2.40. The van der Waals surface area contributed by atoms with Gasteiger partial charge in [0.1, 0.15) is 5.69 Å². The van der Waals surface area contributed by atoms with Gasteiger partial charge >= 0.3 is 0 Å². The average Bonchev–Trinajstić information content (AvgIpc) is 3.18. The molecular weight excluding hydrogens is 409 g/mol. The minimum absolute atomic E-state index is 0. The molecule has 0 aliphatic carbocycles. The Hall–Kier alpha value is -2.41. The van der Waals surface area contributed by atoms with Crippen molar-refractivity contribution in [1.82, 2.24) is 20.1 Å². The summed E-state index contributed by atoms with van der Waals surface area (Å²) in [6, 6.07) is 13.4. The van der Waals surface area contributed by atoms with Crippen molar-refractivity contribution in [2.45, 2.75) is 32.2 Å². The summed E-state index contributed by atoms with van der Waals surface area (Å²) in [5, 5.41) is 7.71. The molecule has 0 bridgehead atoms. The van der Waals surface area contributed by atoms with Crippen LogP contribution >= 0.6 is 24.8 Å². The first-order valence-corrected chi connectivity index (χ1v) is 9.29. The Morgan fingerprint density at radius 3 is 2.55 bits per heavy atom. The molecule has 3 rings (SSSR count).